The van der Waals surface area contributed by atoms with Gasteiger partial charge in [-0.05, 0) is 83.8 Å². The van der Waals surface area contributed by atoms with Gasteiger partial charge in [-0.1, -0.05) is 6.92 Å². The second-order valence-corrected chi connectivity index (χ2v) is 7.64. The van der Waals surface area contributed by atoms with Gasteiger partial charge in [0.25, 0.3) is 0 Å². The van der Waals surface area contributed by atoms with Crippen molar-refractivity contribution < 1.29 is 5.11 Å². The summed E-state index contributed by atoms with van der Waals surface area (Å²) in [5.41, 5.74) is 0. The zero-order valence-corrected chi connectivity index (χ0v) is 15.8. The van der Waals surface area contributed by atoms with Crippen molar-refractivity contribution in [3.05, 3.63) is 0 Å². The van der Waals surface area contributed by atoms with Crippen LogP contribution in [0.15, 0.2) is 4.99 Å². The number of likely N-dealkylation sites (tertiary alicyclic amines) is 1. The minimum absolute atomic E-state index is 0.0969. The molecule has 5 nitrogen and oxygen atoms in total. The van der Waals surface area contributed by atoms with Gasteiger partial charge < -0.3 is 20.6 Å². The molecule has 0 aromatic heterocycles. The number of piperidine rings is 1. The SMILES string of the molecule is CCNC(=NCCCCN1CCC(C)CC1)NC1CCC(O)CC1. The predicted octanol–water partition coefficient (Wildman–Crippen LogP) is 2.36. The van der Waals surface area contributed by atoms with E-state index in [2.05, 4.69) is 29.4 Å². The number of hydrogen-bond donors (Lipinski definition) is 3. The molecular weight excluding hydrogens is 300 g/mol. The second-order valence-electron chi connectivity index (χ2n) is 7.64. The quantitative estimate of drug-likeness (QED) is 0.379. The number of nitrogens with zero attached hydrogens (tertiary/aromatic N) is 2. The lowest BCUT2D eigenvalue weighted by Crippen LogP contribution is -2.45. The van der Waals surface area contributed by atoms with Crippen LogP contribution in [0.5, 0.6) is 0 Å². The van der Waals surface area contributed by atoms with Crippen LogP contribution in [0.1, 0.15) is 65.2 Å². The maximum atomic E-state index is 9.61. The molecule has 140 valence electrons. The van der Waals surface area contributed by atoms with Crippen LogP contribution in [0, 0.1) is 5.92 Å². The fraction of sp³-hybridized carbons (Fsp3) is 0.947. The number of rotatable bonds is 7. The highest BCUT2D eigenvalue weighted by Crippen LogP contribution is 2.18. The highest BCUT2D eigenvalue weighted by atomic mass is 16.3. The molecule has 0 unspecified atom stereocenters. The van der Waals surface area contributed by atoms with Gasteiger partial charge in [-0.25, -0.2) is 0 Å². The van der Waals surface area contributed by atoms with Crippen molar-refractivity contribution in [2.75, 3.05) is 32.7 Å². The van der Waals surface area contributed by atoms with Gasteiger partial charge in [0, 0.05) is 19.1 Å². The Bertz CT molecular complexity index is 358. The molecule has 0 spiro atoms. The maximum Gasteiger partial charge on any atom is 0.191 e. The van der Waals surface area contributed by atoms with E-state index in [1.165, 1.54) is 38.9 Å². The van der Waals surface area contributed by atoms with Crippen LogP contribution in [0.3, 0.4) is 0 Å². The van der Waals surface area contributed by atoms with Crippen LogP contribution in [0.2, 0.25) is 0 Å². The number of guanidine groups is 1. The Morgan fingerprint density at radius 2 is 1.79 bits per heavy atom. The molecular formula is C19H38N4O. The molecule has 1 saturated heterocycles. The zero-order valence-electron chi connectivity index (χ0n) is 15.8. The normalized spacial score (nSPS) is 27.2. The van der Waals surface area contributed by atoms with Crippen LogP contribution in [0.25, 0.3) is 0 Å². The highest BCUT2D eigenvalue weighted by molar-refractivity contribution is 5.80. The van der Waals surface area contributed by atoms with Crippen LogP contribution in [-0.4, -0.2) is 60.8 Å². The molecule has 0 aromatic carbocycles. The molecule has 0 aromatic rings. The molecule has 1 saturated carbocycles. The summed E-state index contributed by atoms with van der Waals surface area (Å²) in [6.07, 6.45) is 8.93. The number of hydrogen-bond acceptors (Lipinski definition) is 3. The lowest BCUT2D eigenvalue weighted by Gasteiger charge is -2.30. The Hall–Kier alpha value is -0.810. The number of aliphatic imine (C=N–C) groups is 1. The average molecular weight is 339 g/mol. The number of nitrogens with one attached hydrogen (secondary N) is 2. The summed E-state index contributed by atoms with van der Waals surface area (Å²) in [5, 5.41) is 16.5. The minimum Gasteiger partial charge on any atom is -0.393 e. The summed E-state index contributed by atoms with van der Waals surface area (Å²) in [6.45, 7) is 10.1. The Balaban J connectivity index is 1.61. The van der Waals surface area contributed by atoms with Gasteiger partial charge in [0.1, 0.15) is 0 Å². The summed E-state index contributed by atoms with van der Waals surface area (Å²) in [6, 6.07) is 0.460. The first kappa shape index (κ1) is 19.5. The van der Waals surface area contributed by atoms with E-state index >= 15 is 0 Å². The molecule has 0 radical (unpaired) electrons. The molecule has 0 atom stereocenters. The zero-order chi connectivity index (χ0) is 17.2. The Labute approximate surface area is 148 Å². The van der Waals surface area contributed by atoms with Gasteiger partial charge in [0.2, 0.25) is 0 Å². The maximum absolute atomic E-state index is 9.61. The van der Waals surface area contributed by atoms with Crippen molar-refractivity contribution in [1.82, 2.24) is 15.5 Å². The summed E-state index contributed by atoms with van der Waals surface area (Å²) < 4.78 is 0. The fourth-order valence-corrected chi connectivity index (χ4v) is 3.66. The van der Waals surface area contributed by atoms with Gasteiger partial charge in [-0.2, -0.15) is 0 Å². The third-order valence-corrected chi connectivity index (χ3v) is 5.41. The fourth-order valence-electron chi connectivity index (χ4n) is 3.66. The summed E-state index contributed by atoms with van der Waals surface area (Å²) in [4.78, 5) is 7.35. The lowest BCUT2D eigenvalue weighted by atomic mass is 9.93. The summed E-state index contributed by atoms with van der Waals surface area (Å²) in [5.74, 6) is 1.87. The molecule has 2 rings (SSSR count). The lowest BCUT2D eigenvalue weighted by molar-refractivity contribution is 0.120. The summed E-state index contributed by atoms with van der Waals surface area (Å²) in [7, 11) is 0. The van der Waals surface area contributed by atoms with Gasteiger partial charge >= 0.3 is 0 Å². The first-order chi connectivity index (χ1) is 11.7. The van der Waals surface area contributed by atoms with Crippen molar-refractivity contribution in [1.29, 1.82) is 0 Å². The highest BCUT2D eigenvalue weighted by Gasteiger charge is 2.20. The van der Waals surface area contributed by atoms with Crippen molar-refractivity contribution >= 4 is 5.96 Å². The molecule has 5 heteroatoms. The van der Waals surface area contributed by atoms with Crippen molar-refractivity contribution in [3.8, 4) is 0 Å². The Kier molecular flexibility index (Phi) is 8.89. The van der Waals surface area contributed by atoms with E-state index in [0.29, 0.717) is 6.04 Å². The van der Waals surface area contributed by atoms with Crippen LogP contribution in [-0.2, 0) is 0 Å². The third-order valence-electron chi connectivity index (χ3n) is 5.41. The topological polar surface area (TPSA) is 59.9 Å². The van der Waals surface area contributed by atoms with Crippen molar-refractivity contribution in [2.45, 2.75) is 77.4 Å². The molecule has 1 aliphatic carbocycles. The third kappa shape index (κ3) is 7.39. The van der Waals surface area contributed by atoms with Crippen molar-refractivity contribution in [2.24, 2.45) is 10.9 Å². The molecule has 3 N–H and O–H groups in total. The van der Waals surface area contributed by atoms with E-state index in [1.807, 2.05) is 0 Å². The predicted molar refractivity (Wildman–Crippen MR) is 101 cm³/mol. The molecule has 1 aliphatic heterocycles. The van der Waals surface area contributed by atoms with Crippen LogP contribution >= 0.6 is 0 Å². The summed E-state index contributed by atoms with van der Waals surface area (Å²) >= 11 is 0. The van der Waals surface area contributed by atoms with Crippen LogP contribution < -0.4 is 10.6 Å². The van der Waals surface area contributed by atoms with E-state index in [9.17, 15) is 5.11 Å². The van der Waals surface area contributed by atoms with Gasteiger partial charge in [-0.3, -0.25) is 4.99 Å². The molecule has 1 heterocycles. The number of unbranched alkanes of at least 4 members (excludes halogenated alkanes) is 1. The van der Waals surface area contributed by atoms with E-state index in [4.69, 9.17) is 4.99 Å². The van der Waals surface area contributed by atoms with E-state index in [1.54, 1.807) is 0 Å². The van der Waals surface area contributed by atoms with Crippen LogP contribution in [0.4, 0.5) is 0 Å². The van der Waals surface area contributed by atoms with E-state index in [0.717, 1.165) is 57.1 Å². The average Bonchev–Trinajstić information content (AvgIpc) is 2.58. The standard InChI is InChI=1S/C19H38N4O/c1-3-20-19(22-17-6-8-18(24)9-7-17)21-12-4-5-13-23-14-10-16(2)11-15-23/h16-18,24H,3-15H2,1-2H3,(H2,20,21,22). The molecule has 2 aliphatic rings. The Morgan fingerprint density at radius 3 is 2.46 bits per heavy atom. The minimum atomic E-state index is -0.0969. The van der Waals surface area contributed by atoms with Gasteiger partial charge in [0.05, 0.1) is 6.10 Å². The van der Waals surface area contributed by atoms with Crippen molar-refractivity contribution in [3.63, 3.8) is 0 Å². The second kappa shape index (κ2) is 10.9. The first-order valence-electron chi connectivity index (χ1n) is 10.1. The smallest absolute Gasteiger partial charge is 0.191 e. The largest absolute Gasteiger partial charge is 0.393 e. The van der Waals surface area contributed by atoms with E-state index < -0.39 is 0 Å². The molecule has 0 bridgehead atoms. The molecule has 0 amide bonds. The van der Waals surface area contributed by atoms with E-state index in [-0.39, 0.29) is 6.10 Å². The monoisotopic (exact) mass is 338 g/mol. The first-order valence-corrected chi connectivity index (χ1v) is 10.1. The Morgan fingerprint density at radius 1 is 1.08 bits per heavy atom. The number of aliphatic hydroxyl groups is 1. The van der Waals surface area contributed by atoms with Gasteiger partial charge in [0.15, 0.2) is 5.96 Å². The molecule has 2 fully saturated rings. The van der Waals surface area contributed by atoms with Gasteiger partial charge in [-0.15, -0.1) is 0 Å². The number of aliphatic hydroxyl groups excluding tert-OH is 1. The molecule has 24 heavy (non-hydrogen) atoms.